The maximum Gasteiger partial charge on any atom is 0.694 e. The summed E-state index contributed by atoms with van der Waals surface area (Å²) in [6.45, 7) is 1.72. The van der Waals surface area contributed by atoms with Crippen molar-refractivity contribution in [2.24, 2.45) is 0 Å². The fourth-order valence-electron chi connectivity index (χ4n) is 3.68. The normalized spacial score (nSPS) is 11.7. The van der Waals surface area contributed by atoms with Gasteiger partial charge in [-0.3, -0.25) is 4.98 Å². The Kier molecular flexibility index (Phi) is 9.39. The van der Waals surface area contributed by atoms with E-state index in [-0.39, 0.29) is 6.61 Å². The molecule has 2 N–H and O–H groups in total. The third kappa shape index (κ3) is 7.26. The molecule has 158 valence electrons. The highest BCUT2D eigenvalue weighted by atomic mass is 31.1. The Morgan fingerprint density at radius 2 is 1.70 bits per heavy atom. The highest BCUT2D eigenvalue weighted by Gasteiger charge is 2.10. The SMILES string of the molecule is O=[P+](O)OCCCNCc1ccc(CCCCCc2ccccc2)c2cccnc12. The Balaban J connectivity index is 1.49. The van der Waals surface area contributed by atoms with Gasteiger partial charge in [-0.15, -0.1) is 9.42 Å². The summed E-state index contributed by atoms with van der Waals surface area (Å²) in [6, 6.07) is 19.3. The number of rotatable bonds is 13. The van der Waals surface area contributed by atoms with E-state index in [2.05, 4.69) is 63.4 Å². The van der Waals surface area contributed by atoms with Gasteiger partial charge in [-0.2, -0.15) is 0 Å². The van der Waals surface area contributed by atoms with Gasteiger partial charge in [0.05, 0.1) is 5.52 Å². The number of unbranched alkanes of at least 4 members (excludes halogenated alkanes) is 2. The second kappa shape index (κ2) is 12.5. The molecule has 1 unspecified atom stereocenters. The van der Waals surface area contributed by atoms with Crippen molar-refractivity contribution in [1.29, 1.82) is 0 Å². The molecule has 1 aromatic heterocycles. The Morgan fingerprint density at radius 3 is 2.53 bits per heavy atom. The Hall–Kier alpha value is -2.17. The second-order valence-corrected chi connectivity index (χ2v) is 8.16. The van der Waals surface area contributed by atoms with Crippen LogP contribution in [0.4, 0.5) is 0 Å². The Labute approximate surface area is 179 Å². The molecule has 5 nitrogen and oxygen atoms in total. The number of hydrogen-bond donors (Lipinski definition) is 2. The van der Waals surface area contributed by atoms with Gasteiger partial charge >= 0.3 is 8.25 Å². The molecular weight excluding hydrogens is 395 g/mol. The largest absolute Gasteiger partial charge is 0.694 e. The number of fused-ring (bicyclic) bond motifs is 1. The molecule has 2 aromatic carbocycles. The third-order valence-corrected chi connectivity index (χ3v) is 5.62. The highest BCUT2D eigenvalue weighted by molar-refractivity contribution is 7.32. The molecule has 0 aliphatic rings. The topological polar surface area (TPSA) is 71.5 Å². The molecule has 1 heterocycles. The van der Waals surface area contributed by atoms with E-state index in [0.717, 1.165) is 31.4 Å². The first-order valence-electron chi connectivity index (χ1n) is 10.6. The fraction of sp³-hybridized carbons (Fsp3) is 0.375. The molecule has 0 aliphatic carbocycles. The third-order valence-electron chi connectivity index (χ3n) is 5.21. The van der Waals surface area contributed by atoms with Crippen LogP contribution in [0.5, 0.6) is 0 Å². The van der Waals surface area contributed by atoms with E-state index in [1.165, 1.54) is 41.3 Å². The second-order valence-electron chi connectivity index (χ2n) is 7.43. The van der Waals surface area contributed by atoms with Crippen LogP contribution in [-0.2, 0) is 28.5 Å². The van der Waals surface area contributed by atoms with Crippen molar-refractivity contribution in [1.82, 2.24) is 10.3 Å². The summed E-state index contributed by atoms with van der Waals surface area (Å²) in [5.74, 6) is 0. The number of nitrogens with one attached hydrogen (secondary N) is 1. The van der Waals surface area contributed by atoms with Gasteiger partial charge < -0.3 is 5.32 Å². The number of aromatic nitrogens is 1. The summed E-state index contributed by atoms with van der Waals surface area (Å²) < 4.78 is 15.2. The van der Waals surface area contributed by atoms with Crippen LogP contribution in [-0.4, -0.2) is 23.0 Å². The molecule has 3 rings (SSSR count). The first-order valence-corrected chi connectivity index (χ1v) is 11.8. The zero-order chi connectivity index (χ0) is 21.0. The molecule has 0 saturated carbocycles. The summed E-state index contributed by atoms with van der Waals surface area (Å²) in [5.41, 5.74) is 5.01. The zero-order valence-electron chi connectivity index (χ0n) is 17.3. The van der Waals surface area contributed by atoms with E-state index in [4.69, 9.17) is 4.89 Å². The van der Waals surface area contributed by atoms with E-state index in [0.29, 0.717) is 6.42 Å². The molecule has 0 saturated heterocycles. The molecule has 0 bridgehead atoms. The zero-order valence-corrected chi connectivity index (χ0v) is 18.2. The van der Waals surface area contributed by atoms with Crippen molar-refractivity contribution in [3.63, 3.8) is 0 Å². The Bertz CT molecular complexity index is 934. The predicted molar refractivity (Wildman–Crippen MR) is 122 cm³/mol. The van der Waals surface area contributed by atoms with Crippen LogP contribution in [0.25, 0.3) is 10.9 Å². The van der Waals surface area contributed by atoms with Crippen LogP contribution in [0.2, 0.25) is 0 Å². The molecular formula is C24H30N2O3P+. The van der Waals surface area contributed by atoms with Gasteiger partial charge in [0, 0.05) is 22.7 Å². The summed E-state index contributed by atoms with van der Waals surface area (Å²) >= 11 is 0. The monoisotopic (exact) mass is 425 g/mol. The summed E-state index contributed by atoms with van der Waals surface area (Å²) in [4.78, 5) is 13.3. The fourth-order valence-corrected chi connectivity index (χ4v) is 3.97. The van der Waals surface area contributed by atoms with Crippen LogP contribution < -0.4 is 5.32 Å². The van der Waals surface area contributed by atoms with Crippen LogP contribution in [0.3, 0.4) is 0 Å². The molecule has 0 fully saturated rings. The predicted octanol–water partition coefficient (Wildman–Crippen LogP) is 5.34. The number of aryl methyl sites for hydroxylation is 2. The minimum Gasteiger partial charge on any atom is -0.313 e. The van der Waals surface area contributed by atoms with Gasteiger partial charge in [-0.25, -0.2) is 0 Å². The number of nitrogens with zero attached hydrogens (tertiary/aromatic N) is 1. The van der Waals surface area contributed by atoms with Gasteiger partial charge in [0.15, 0.2) is 0 Å². The van der Waals surface area contributed by atoms with Gasteiger partial charge in [0.25, 0.3) is 0 Å². The van der Waals surface area contributed by atoms with E-state index >= 15 is 0 Å². The quantitative estimate of drug-likeness (QED) is 0.286. The van der Waals surface area contributed by atoms with Gasteiger partial charge in [-0.1, -0.05) is 55.0 Å². The highest BCUT2D eigenvalue weighted by Crippen LogP contribution is 2.23. The summed E-state index contributed by atoms with van der Waals surface area (Å²) in [5, 5.41) is 4.60. The lowest BCUT2D eigenvalue weighted by Gasteiger charge is -2.11. The minimum absolute atomic E-state index is 0.279. The summed E-state index contributed by atoms with van der Waals surface area (Å²) in [7, 11) is -2.50. The maximum atomic E-state index is 10.5. The minimum atomic E-state index is -2.50. The number of benzene rings is 2. The summed E-state index contributed by atoms with van der Waals surface area (Å²) in [6.07, 6.45) is 8.38. The standard InChI is InChI=1S/C24H29N2O3P/c27-30(28)29-18-8-16-25-19-22-15-14-21(23-13-7-17-26-24(22)23)12-6-2-5-11-20-9-3-1-4-10-20/h1,3-4,7,9-10,13-15,17,25H,2,5-6,8,11-12,16,18-19H2/p+1. The average molecular weight is 425 g/mol. The van der Waals surface area contributed by atoms with Crippen LogP contribution in [0.15, 0.2) is 60.8 Å². The lowest BCUT2D eigenvalue weighted by Crippen LogP contribution is -2.16. The molecule has 0 spiro atoms. The van der Waals surface area contributed by atoms with E-state index < -0.39 is 8.25 Å². The molecule has 0 aliphatic heterocycles. The number of pyridine rings is 1. The lowest BCUT2D eigenvalue weighted by atomic mass is 9.98. The van der Waals surface area contributed by atoms with Crippen molar-refractivity contribution < 1.29 is 14.0 Å². The molecule has 0 radical (unpaired) electrons. The molecule has 1 atom stereocenters. The van der Waals surface area contributed by atoms with Crippen molar-refractivity contribution in [2.75, 3.05) is 13.2 Å². The maximum absolute atomic E-state index is 10.5. The first kappa shape index (κ1) is 22.5. The lowest BCUT2D eigenvalue weighted by molar-refractivity contribution is 0.276. The van der Waals surface area contributed by atoms with Crippen molar-refractivity contribution in [2.45, 2.75) is 45.1 Å². The van der Waals surface area contributed by atoms with Crippen molar-refractivity contribution >= 4 is 19.2 Å². The molecule has 3 aromatic rings. The Morgan fingerprint density at radius 1 is 0.900 bits per heavy atom. The smallest absolute Gasteiger partial charge is 0.313 e. The van der Waals surface area contributed by atoms with E-state index in [1.54, 1.807) is 0 Å². The van der Waals surface area contributed by atoms with Gasteiger partial charge in [-0.05, 0) is 61.4 Å². The number of hydrogen-bond acceptors (Lipinski definition) is 4. The van der Waals surface area contributed by atoms with Crippen LogP contribution in [0, 0.1) is 0 Å². The van der Waals surface area contributed by atoms with Crippen molar-refractivity contribution in [3.05, 3.63) is 77.5 Å². The average Bonchev–Trinajstić information content (AvgIpc) is 2.77. The molecule has 0 amide bonds. The van der Waals surface area contributed by atoms with Gasteiger partial charge in [0.2, 0.25) is 0 Å². The van der Waals surface area contributed by atoms with Crippen LogP contribution >= 0.6 is 8.25 Å². The first-order chi connectivity index (χ1) is 14.7. The van der Waals surface area contributed by atoms with E-state index in [9.17, 15) is 4.57 Å². The van der Waals surface area contributed by atoms with Crippen molar-refractivity contribution in [3.8, 4) is 0 Å². The van der Waals surface area contributed by atoms with Crippen LogP contribution in [0.1, 0.15) is 42.4 Å². The van der Waals surface area contributed by atoms with Gasteiger partial charge in [0.1, 0.15) is 6.61 Å². The molecule has 30 heavy (non-hydrogen) atoms. The van der Waals surface area contributed by atoms with E-state index in [1.807, 2.05) is 12.3 Å². The molecule has 6 heteroatoms.